The molecule has 2 aromatic rings. The molecule has 1 unspecified atom stereocenters. The molecule has 0 saturated heterocycles. The Morgan fingerprint density at radius 1 is 1.37 bits per heavy atom. The summed E-state index contributed by atoms with van der Waals surface area (Å²) >= 11 is 9.20. The third kappa shape index (κ3) is 2.66. The molecule has 0 radical (unpaired) electrons. The fourth-order valence-electron chi connectivity index (χ4n) is 2.31. The van der Waals surface area contributed by atoms with E-state index in [2.05, 4.69) is 22.0 Å². The first-order valence-corrected chi connectivity index (χ1v) is 7.18. The Labute approximate surface area is 124 Å². The molecule has 3 rings (SSSR count). The molecular formula is C14H12BrClO3. The highest BCUT2D eigenvalue weighted by Gasteiger charge is 2.21. The molecule has 0 amide bonds. The summed E-state index contributed by atoms with van der Waals surface area (Å²) < 4.78 is 11.9. The van der Waals surface area contributed by atoms with Crippen molar-refractivity contribution >= 4 is 27.5 Å². The molecule has 100 valence electrons. The van der Waals surface area contributed by atoms with Gasteiger partial charge in [-0.3, -0.25) is 0 Å². The average molecular weight is 344 g/mol. The van der Waals surface area contributed by atoms with Crippen LogP contribution in [0.5, 0.6) is 5.75 Å². The van der Waals surface area contributed by atoms with Gasteiger partial charge in [-0.05, 0) is 47.0 Å². The predicted molar refractivity (Wildman–Crippen MR) is 75.7 cm³/mol. The maximum Gasteiger partial charge on any atom is 0.193 e. The van der Waals surface area contributed by atoms with Gasteiger partial charge in [0.1, 0.15) is 17.6 Å². The van der Waals surface area contributed by atoms with Crippen molar-refractivity contribution in [3.8, 4) is 5.75 Å². The smallest absolute Gasteiger partial charge is 0.193 e. The quantitative estimate of drug-likeness (QED) is 0.919. The second-order valence-electron chi connectivity index (χ2n) is 4.51. The lowest BCUT2D eigenvalue weighted by Gasteiger charge is -2.12. The van der Waals surface area contributed by atoms with Crippen molar-refractivity contribution in [3.63, 3.8) is 0 Å². The molecule has 2 heterocycles. The van der Waals surface area contributed by atoms with Crippen LogP contribution >= 0.6 is 27.5 Å². The zero-order chi connectivity index (χ0) is 13.4. The van der Waals surface area contributed by atoms with Crippen molar-refractivity contribution in [3.05, 3.63) is 50.8 Å². The van der Waals surface area contributed by atoms with E-state index in [1.807, 2.05) is 6.07 Å². The Morgan fingerprint density at radius 3 is 2.95 bits per heavy atom. The zero-order valence-corrected chi connectivity index (χ0v) is 12.4. The molecule has 0 fully saturated rings. The lowest BCUT2D eigenvalue weighted by atomic mass is 10.0. The zero-order valence-electron chi connectivity index (χ0n) is 10.0. The molecule has 0 spiro atoms. The summed E-state index contributed by atoms with van der Waals surface area (Å²) in [5.74, 6) is 1.36. The Kier molecular flexibility index (Phi) is 3.56. The number of halogens is 2. The van der Waals surface area contributed by atoms with Crippen molar-refractivity contribution in [1.82, 2.24) is 0 Å². The lowest BCUT2D eigenvalue weighted by Crippen LogP contribution is -2.02. The number of hydrogen-bond acceptors (Lipinski definition) is 3. The maximum atomic E-state index is 10.2. The largest absolute Gasteiger partial charge is 0.493 e. The number of hydrogen-bond donors (Lipinski definition) is 1. The standard InChI is InChI=1S/C14H12BrClO3/c15-10-5-8-3-4-18-14(8)9(6-10)7-11(17)12-1-2-13(16)19-12/h1-2,5-6,11,17H,3-4,7H2. The molecule has 1 aliphatic heterocycles. The number of rotatable bonds is 3. The minimum atomic E-state index is -0.727. The first-order chi connectivity index (χ1) is 9.13. The lowest BCUT2D eigenvalue weighted by molar-refractivity contribution is 0.149. The highest BCUT2D eigenvalue weighted by Crippen LogP contribution is 2.35. The van der Waals surface area contributed by atoms with Crippen molar-refractivity contribution in [2.75, 3.05) is 6.61 Å². The summed E-state index contributed by atoms with van der Waals surface area (Å²) in [4.78, 5) is 0. The Balaban J connectivity index is 1.87. The van der Waals surface area contributed by atoms with Gasteiger partial charge in [-0.25, -0.2) is 0 Å². The Morgan fingerprint density at radius 2 is 2.21 bits per heavy atom. The first kappa shape index (κ1) is 13.0. The summed E-state index contributed by atoms with van der Waals surface area (Å²) in [6.45, 7) is 0.696. The van der Waals surface area contributed by atoms with E-state index < -0.39 is 6.10 Å². The number of benzene rings is 1. The summed E-state index contributed by atoms with van der Waals surface area (Å²) in [6, 6.07) is 7.34. The van der Waals surface area contributed by atoms with Crippen molar-refractivity contribution in [1.29, 1.82) is 0 Å². The number of aliphatic hydroxyl groups is 1. The van der Waals surface area contributed by atoms with Crippen LogP contribution in [0.2, 0.25) is 5.22 Å². The Hall–Kier alpha value is -0.970. The maximum absolute atomic E-state index is 10.2. The van der Waals surface area contributed by atoms with Gasteiger partial charge in [0.25, 0.3) is 0 Å². The number of aliphatic hydroxyl groups excluding tert-OH is 1. The van der Waals surface area contributed by atoms with Crippen LogP contribution in [0.15, 0.2) is 33.2 Å². The summed E-state index contributed by atoms with van der Waals surface area (Å²) in [7, 11) is 0. The van der Waals surface area contributed by atoms with Gasteiger partial charge >= 0.3 is 0 Å². The van der Waals surface area contributed by atoms with Gasteiger partial charge < -0.3 is 14.3 Å². The molecular weight excluding hydrogens is 332 g/mol. The summed E-state index contributed by atoms with van der Waals surface area (Å²) in [6.07, 6.45) is 0.617. The monoisotopic (exact) mass is 342 g/mol. The fourth-order valence-corrected chi connectivity index (χ4v) is 3.02. The second-order valence-corrected chi connectivity index (χ2v) is 5.80. The van der Waals surface area contributed by atoms with Gasteiger partial charge in [0.15, 0.2) is 5.22 Å². The molecule has 0 saturated carbocycles. The average Bonchev–Trinajstić information content (AvgIpc) is 2.97. The molecule has 5 heteroatoms. The van der Waals surface area contributed by atoms with E-state index in [4.69, 9.17) is 20.8 Å². The van der Waals surface area contributed by atoms with Crippen LogP contribution in [0.4, 0.5) is 0 Å². The first-order valence-electron chi connectivity index (χ1n) is 6.01. The predicted octanol–water partition coefficient (Wildman–Crippen LogP) is 3.91. The molecule has 19 heavy (non-hydrogen) atoms. The topological polar surface area (TPSA) is 42.6 Å². The van der Waals surface area contributed by atoms with E-state index in [0.29, 0.717) is 18.8 Å². The van der Waals surface area contributed by atoms with E-state index >= 15 is 0 Å². The minimum absolute atomic E-state index is 0.282. The minimum Gasteiger partial charge on any atom is -0.493 e. The highest BCUT2D eigenvalue weighted by atomic mass is 79.9. The van der Waals surface area contributed by atoms with Crippen molar-refractivity contribution < 1.29 is 14.3 Å². The number of furan rings is 1. The SMILES string of the molecule is OC(Cc1cc(Br)cc2c1OCC2)c1ccc(Cl)o1. The van der Waals surface area contributed by atoms with Crippen LogP contribution < -0.4 is 4.74 Å². The van der Waals surface area contributed by atoms with Gasteiger partial charge in [0.05, 0.1) is 6.61 Å². The van der Waals surface area contributed by atoms with Gasteiger partial charge in [-0.2, -0.15) is 0 Å². The van der Waals surface area contributed by atoms with Gasteiger partial charge in [-0.1, -0.05) is 15.9 Å². The summed E-state index contributed by atoms with van der Waals surface area (Å²) in [5.41, 5.74) is 2.15. The van der Waals surface area contributed by atoms with Crippen LogP contribution in [0.25, 0.3) is 0 Å². The van der Waals surface area contributed by atoms with Crippen LogP contribution in [0, 0.1) is 0 Å². The third-order valence-electron chi connectivity index (χ3n) is 3.16. The van der Waals surface area contributed by atoms with Crippen LogP contribution in [-0.4, -0.2) is 11.7 Å². The molecule has 3 nitrogen and oxygen atoms in total. The molecule has 0 bridgehead atoms. The van der Waals surface area contributed by atoms with Crippen LogP contribution in [0.1, 0.15) is 23.0 Å². The molecule has 1 aromatic heterocycles. The van der Waals surface area contributed by atoms with E-state index in [0.717, 1.165) is 22.2 Å². The van der Waals surface area contributed by atoms with Gasteiger partial charge in [0, 0.05) is 17.3 Å². The van der Waals surface area contributed by atoms with Gasteiger partial charge in [-0.15, -0.1) is 0 Å². The van der Waals surface area contributed by atoms with Gasteiger partial charge in [0.2, 0.25) is 0 Å². The molecule has 1 aromatic carbocycles. The molecule has 1 atom stereocenters. The van der Waals surface area contributed by atoms with E-state index in [1.54, 1.807) is 12.1 Å². The van der Waals surface area contributed by atoms with Crippen molar-refractivity contribution in [2.45, 2.75) is 18.9 Å². The van der Waals surface area contributed by atoms with E-state index in [-0.39, 0.29) is 5.22 Å². The second kappa shape index (κ2) is 5.19. The number of fused-ring (bicyclic) bond motifs is 1. The highest BCUT2D eigenvalue weighted by molar-refractivity contribution is 9.10. The summed E-state index contributed by atoms with van der Waals surface area (Å²) in [5, 5.41) is 10.5. The molecule has 0 aliphatic carbocycles. The normalized spacial score (nSPS) is 15.1. The molecule has 1 N–H and O–H groups in total. The van der Waals surface area contributed by atoms with Crippen molar-refractivity contribution in [2.24, 2.45) is 0 Å². The van der Waals surface area contributed by atoms with E-state index in [9.17, 15) is 5.11 Å². The molecule has 1 aliphatic rings. The fraction of sp³-hybridized carbons (Fsp3) is 0.286. The van der Waals surface area contributed by atoms with E-state index in [1.165, 1.54) is 5.56 Å². The van der Waals surface area contributed by atoms with Crippen LogP contribution in [-0.2, 0) is 12.8 Å². The number of ether oxygens (including phenoxy) is 1. The van der Waals surface area contributed by atoms with Crippen LogP contribution in [0.3, 0.4) is 0 Å². The third-order valence-corrected chi connectivity index (χ3v) is 3.82. The Bertz CT molecular complexity index is 609.